The lowest BCUT2D eigenvalue weighted by Gasteiger charge is -2.24. The first-order valence-electron chi connectivity index (χ1n) is 10.6. The van der Waals surface area contributed by atoms with Crippen LogP contribution in [0.5, 0.6) is 5.75 Å². The quantitative estimate of drug-likeness (QED) is 0.490. The predicted molar refractivity (Wildman–Crippen MR) is 128 cm³/mol. The molecule has 1 fully saturated rings. The normalized spacial score (nSPS) is 15.7. The first-order valence-corrected chi connectivity index (χ1v) is 11.0. The van der Waals surface area contributed by atoms with Gasteiger partial charge in [0.15, 0.2) is 10.9 Å². The molecular formula is C24H23FN4O4S. The molecule has 10 heteroatoms. The second-order valence-corrected chi connectivity index (χ2v) is 8.18. The molecule has 2 aromatic carbocycles. The molecule has 1 atom stereocenters. The molecule has 1 saturated heterocycles. The zero-order valence-corrected chi connectivity index (χ0v) is 19.5. The maximum atomic E-state index is 13.4. The number of rotatable bonds is 8. The van der Waals surface area contributed by atoms with Crippen molar-refractivity contribution in [3.63, 3.8) is 0 Å². The number of carbonyl (C=O) groups is 2. The molecule has 34 heavy (non-hydrogen) atoms. The van der Waals surface area contributed by atoms with E-state index in [1.165, 1.54) is 17.0 Å². The van der Waals surface area contributed by atoms with Gasteiger partial charge in [0.25, 0.3) is 5.91 Å². The van der Waals surface area contributed by atoms with E-state index in [-0.39, 0.29) is 24.0 Å². The molecular weight excluding hydrogens is 459 g/mol. The molecule has 1 N–H and O–H groups in total. The second kappa shape index (κ2) is 10.0. The van der Waals surface area contributed by atoms with E-state index in [1.54, 1.807) is 61.4 Å². The SMILES string of the molecule is COc1ccc(N2C(=O)C(CC(=O)Nc3cc(C)on3)N(CCc3ccc(F)cc3)C2=S)cc1. The predicted octanol–water partition coefficient (Wildman–Crippen LogP) is 3.70. The van der Waals surface area contributed by atoms with Gasteiger partial charge < -0.3 is 19.5 Å². The van der Waals surface area contributed by atoms with E-state index in [4.69, 9.17) is 21.5 Å². The van der Waals surface area contributed by atoms with Crippen LogP contribution in [-0.4, -0.2) is 46.7 Å². The fraction of sp³-hybridized carbons (Fsp3) is 0.250. The van der Waals surface area contributed by atoms with E-state index < -0.39 is 11.9 Å². The first-order chi connectivity index (χ1) is 16.4. The van der Waals surface area contributed by atoms with Crippen molar-refractivity contribution >= 4 is 40.6 Å². The largest absolute Gasteiger partial charge is 0.497 e. The summed E-state index contributed by atoms with van der Waals surface area (Å²) in [5.74, 6) is 0.464. The van der Waals surface area contributed by atoms with Crippen LogP contribution in [0.25, 0.3) is 0 Å². The number of aromatic nitrogens is 1. The Morgan fingerprint density at radius 2 is 1.91 bits per heavy atom. The third kappa shape index (κ3) is 5.07. The zero-order valence-electron chi connectivity index (χ0n) is 18.7. The highest BCUT2D eigenvalue weighted by atomic mass is 32.1. The minimum absolute atomic E-state index is 0.124. The molecule has 0 radical (unpaired) electrons. The number of carbonyl (C=O) groups excluding carboxylic acids is 2. The Balaban J connectivity index is 1.55. The molecule has 2 heterocycles. The van der Waals surface area contributed by atoms with Gasteiger partial charge in [0.05, 0.1) is 19.2 Å². The van der Waals surface area contributed by atoms with Crippen molar-refractivity contribution in [2.24, 2.45) is 0 Å². The molecule has 4 rings (SSSR count). The third-order valence-electron chi connectivity index (χ3n) is 5.48. The average molecular weight is 483 g/mol. The van der Waals surface area contributed by atoms with Crippen LogP contribution in [0.4, 0.5) is 15.9 Å². The Kier molecular flexibility index (Phi) is 6.87. The maximum Gasteiger partial charge on any atom is 0.256 e. The van der Waals surface area contributed by atoms with Crippen molar-refractivity contribution in [2.75, 3.05) is 23.9 Å². The molecule has 1 aliphatic heterocycles. The Morgan fingerprint density at radius 1 is 1.21 bits per heavy atom. The standard InChI is InChI=1S/C24H23FN4O4S/c1-15-13-21(27-33-15)26-22(30)14-20-23(31)29(18-7-9-19(32-2)10-8-18)24(34)28(20)12-11-16-3-5-17(25)6-4-16/h3-10,13,20H,11-12,14H2,1-2H3,(H,26,27,30). The molecule has 0 bridgehead atoms. The summed E-state index contributed by atoms with van der Waals surface area (Å²) in [6.45, 7) is 2.09. The van der Waals surface area contributed by atoms with Crippen molar-refractivity contribution in [3.05, 3.63) is 71.7 Å². The van der Waals surface area contributed by atoms with Gasteiger partial charge in [-0.15, -0.1) is 0 Å². The lowest BCUT2D eigenvalue weighted by atomic mass is 10.1. The highest BCUT2D eigenvalue weighted by Gasteiger charge is 2.44. The number of ether oxygens (including phenoxy) is 1. The average Bonchev–Trinajstić information content (AvgIpc) is 3.33. The lowest BCUT2D eigenvalue weighted by molar-refractivity contribution is -0.124. The fourth-order valence-corrected chi connectivity index (χ4v) is 4.17. The van der Waals surface area contributed by atoms with Gasteiger partial charge in [0.1, 0.15) is 23.4 Å². The first kappa shape index (κ1) is 23.4. The van der Waals surface area contributed by atoms with Gasteiger partial charge in [0.2, 0.25) is 5.91 Å². The molecule has 3 aromatic rings. The molecule has 1 unspecified atom stereocenters. The van der Waals surface area contributed by atoms with Crippen LogP contribution in [0.2, 0.25) is 0 Å². The van der Waals surface area contributed by atoms with Crippen molar-refractivity contribution < 1.29 is 23.2 Å². The van der Waals surface area contributed by atoms with Crippen LogP contribution in [0.15, 0.2) is 59.1 Å². The number of anilines is 2. The molecule has 176 valence electrons. The lowest BCUT2D eigenvalue weighted by Crippen LogP contribution is -2.39. The number of amides is 2. The smallest absolute Gasteiger partial charge is 0.256 e. The number of hydrogen-bond acceptors (Lipinski definition) is 6. The number of benzene rings is 2. The highest BCUT2D eigenvalue weighted by Crippen LogP contribution is 2.29. The number of thiocarbonyl (C=S) groups is 1. The molecule has 1 aromatic heterocycles. The van der Waals surface area contributed by atoms with Gasteiger partial charge in [-0.3, -0.25) is 14.5 Å². The fourth-order valence-electron chi connectivity index (χ4n) is 3.75. The van der Waals surface area contributed by atoms with E-state index in [2.05, 4.69) is 10.5 Å². The number of halogens is 1. The highest BCUT2D eigenvalue weighted by molar-refractivity contribution is 7.80. The van der Waals surface area contributed by atoms with Crippen LogP contribution in [0, 0.1) is 12.7 Å². The van der Waals surface area contributed by atoms with E-state index >= 15 is 0 Å². The van der Waals surface area contributed by atoms with E-state index in [0.717, 1.165) is 5.56 Å². The van der Waals surface area contributed by atoms with Crippen LogP contribution < -0.4 is 15.0 Å². The van der Waals surface area contributed by atoms with Crippen LogP contribution in [0.1, 0.15) is 17.7 Å². The van der Waals surface area contributed by atoms with Gasteiger partial charge in [0, 0.05) is 12.6 Å². The van der Waals surface area contributed by atoms with Crippen molar-refractivity contribution in [3.8, 4) is 5.75 Å². The Hall–Kier alpha value is -3.79. The Labute approximate surface area is 201 Å². The third-order valence-corrected chi connectivity index (χ3v) is 5.90. The molecule has 0 spiro atoms. The van der Waals surface area contributed by atoms with Gasteiger partial charge in [-0.05, 0) is 67.5 Å². The van der Waals surface area contributed by atoms with Gasteiger partial charge in [-0.25, -0.2) is 4.39 Å². The summed E-state index contributed by atoms with van der Waals surface area (Å²) >= 11 is 5.66. The molecule has 1 aliphatic rings. The van der Waals surface area contributed by atoms with Gasteiger partial charge in [-0.1, -0.05) is 17.3 Å². The Bertz CT molecular complexity index is 1200. The summed E-state index contributed by atoms with van der Waals surface area (Å²) in [5, 5.41) is 6.71. The monoisotopic (exact) mass is 482 g/mol. The molecule has 0 aliphatic carbocycles. The number of nitrogens with zero attached hydrogens (tertiary/aromatic N) is 3. The molecule has 0 saturated carbocycles. The summed E-state index contributed by atoms with van der Waals surface area (Å²) in [7, 11) is 1.56. The number of aryl methyl sites for hydroxylation is 1. The summed E-state index contributed by atoms with van der Waals surface area (Å²) < 4.78 is 23.4. The number of hydrogen-bond donors (Lipinski definition) is 1. The summed E-state index contributed by atoms with van der Waals surface area (Å²) in [4.78, 5) is 29.3. The number of nitrogens with one attached hydrogen (secondary N) is 1. The Morgan fingerprint density at radius 3 is 2.53 bits per heavy atom. The van der Waals surface area contributed by atoms with E-state index in [9.17, 15) is 14.0 Å². The molecule has 2 amide bonds. The topological polar surface area (TPSA) is 87.9 Å². The van der Waals surface area contributed by atoms with Crippen molar-refractivity contribution in [1.29, 1.82) is 0 Å². The minimum Gasteiger partial charge on any atom is -0.497 e. The van der Waals surface area contributed by atoms with Crippen LogP contribution in [-0.2, 0) is 16.0 Å². The van der Waals surface area contributed by atoms with Crippen LogP contribution >= 0.6 is 12.2 Å². The van der Waals surface area contributed by atoms with Crippen molar-refractivity contribution in [2.45, 2.75) is 25.8 Å². The summed E-state index contributed by atoms with van der Waals surface area (Å²) in [6.07, 6.45) is 0.395. The minimum atomic E-state index is -0.803. The summed E-state index contributed by atoms with van der Waals surface area (Å²) in [6, 6.07) is 13.9. The number of methoxy groups -OCH3 is 1. The maximum absolute atomic E-state index is 13.4. The van der Waals surface area contributed by atoms with E-state index in [1.807, 2.05) is 0 Å². The second-order valence-electron chi connectivity index (χ2n) is 7.82. The molecule has 8 nitrogen and oxygen atoms in total. The van der Waals surface area contributed by atoms with Crippen LogP contribution in [0.3, 0.4) is 0 Å². The van der Waals surface area contributed by atoms with E-state index in [0.29, 0.717) is 35.3 Å². The summed E-state index contributed by atoms with van der Waals surface area (Å²) in [5.41, 5.74) is 1.47. The van der Waals surface area contributed by atoms with Crippen molar-refractivity contribution in [1.82, 2.24) is 10.1 Å². The van der Waals surface area contributed by atoms with Gasteiger partial charge >= 0.3 is 0 Å². The van der Waals surface area contributed by atoms with Gasteiger partial charge in [-0.2, -0.15) is 0 Å². The zero-order chi connectivity index (χ0) is 24.2.